The summed E-state index contributed by atoms with van der Waals surface area (Å²) >= 11 is 0. The molecule has 2 N–H and O–H groups in total. The fourth-order valence-corrected chi connectivity index (χ4v) is 3.18. The van der Waals surface area contributed by atoms with Crippen molar-refractivity contribution in [2.24, 2.45) is 11.3 Å². The van der Waals surface area contributed by atoms with Crippen LogP contribution in [-0.2, 0) is 22.6 Å². The van der Waals surface area contributed by atoms with Crippen molar-refractivity contribution in [1.29, 1.82) is 0 Å². The van der Waals surface area contributed by atoms with Crippen LogP contribution in [0.3, 0.4) is 0 Å². The van der Waals surface area contributed by atoms with Crippen molar-refractivity contribution in [2.45, 2.75) is 46.1 Å². The first-order chi connectivity index (χ1) is 9.90. The molecule has 0 aromatic heterocycles. The fraction of sp³-hybridized carbons (Fsp3) is 0.529. The van der Waals surface area contributed by atoms with Crippen LogP contribution in [0, 0.1) is 11.3 Å². The first kappa shape index (κ1) is 15.5. The van der Waals surface area contributed by atoms with E-state index in [-0.39, 0.29) is 23.7 Å². The predicted octanol–water partition coefficient (Wildman–Crippen LogP) is 2.76. The highest BCUT2D eigenvalue weighted by Crippen LogP contribution is 2.42. The van der Waals surface area contributed by atoms with Gasteiger partial charge in [-0.2, -0.15) is 0 Å². The monoisotopic (exact) mass is 289 g/mol. The fourth-order valence-electron chi connectivity index (χ4n) is 3.18. The van der Waals surface area contributed by atoms with Gasteiger partial charge < -0.3 is 10.4 Å². The average Bonchev–Trinajstić information content (AvgIpc) is 2.76. The molecule has 1 aromatic carbocycles. The minimum absolute atomic E-state index is 0.0129. The number of carbonyl (C=O) groups is 2. The lowest BCUT2D eigenvalue weighted by molar-refractivity contribution is -0.136. The Morgan fingerprint density at radius 3 is 2.52 bits per heavy atom. The van der Waals surface area contributed by atoms with E-state index in [0.717, 1.165) is 30.4 Å². The molecule has 2 rings (SSSR count). The van der Waals surface area contributed by atoms with E-state index < -0.39 is 5.97 Å². The normalized spacial score (nSPS) is 20.2. The summed E-state index contributed by atoms with van der Waals surface area (Å²) in [4.78, 5) is 23.2. The molecule has 1 amide bonds. The third kappa shape index (κ3) is 3.84. The van der Waals surface area contributed by atoms with Crippen molar-refractivity contribution >= 4 is 11.9 Å². The van der Waals surface area contributed by atoms with E-state index in [4.69, 9.17) is 5.11 Å². The number of carboxylic acid groups (broad SMARTS) is 1. The molecular weight excluding hydrogens is 266 g/mol. The van der Waals surface area contributed by atoms with E-state index in [0.29, 0.717) is 6.54 Å². The van der Waals surface area contributed by atoms with Crippen molar-refractivity contribution in [3.05, 3.63) is 35.4 Å². The highest BCUT2D eigenvalue weighted by atomic mass is 16.4. The Kier molecular flexibility index (Phi) is 4.66. The van der Waals surface area contributed by atoms with Gasteiger partial charge in [0.1, 0.15) is 0 Å². The highest BCUT2D eigenvalue weighted by molar-refractivity contribution is 5.79. The molecule has 0 bridgehead atoms. The third-order valence-corrected chi connectivity index (χ3v) is 4.49. The van der Waals surface area contributed by atoms with Gasteiger partial charge in [-0.3, -0.25) is 9.59 Å². The second-order valence-electron chi connectivity index (χ2n) is 6.49. The van der Waals surface area contributed by atoms with E-state index >= 15 is 0 Å². The summed E-state index contributed by atoms with van der Waals surface area (Å²) in [6.45, 7) is 4.68. The molecule has 0 radical (unpaired) electrons. The summed E-state index contributed by atoms with van der Waals surface area (Å²) in [6, 6.07) is 7.36. The molecule has 0 heterocycles. The van der Waals surface area contributed by atoms with Crippen LogP contribution in [0.2, 0.25) is 0 Å². The Bertz CT molecular complexity index is 537. The molecule has 4 heteroatoms. The van der Waals surface area contributed by atoms with Gasteiger partial charge in [0.25, 0.3) is 0 Å². The topological polar surface area (TPSA) is 66.4 Å². The van der Waals surface area contributed by atoms with E-state index in [1.807, 2.05) is 18.2 Å². The number of hydrogen-bond acceptors (Lipinski definition) is 2. The zero-order valence-corrected chi connectivity index (χ0v) is 12.7. The average molecular weight is 289 g/mol. The van der Waals surface area contributed by atoms with Crippen molar-refractivity contribution in [2.75, 3.05) is 0 Å². The Hall–Kier alpha value is -1.84. The maximum atomic E-state index is 12.3. The summed E-state index contributed by atoms with van der Waals surface area (Å²) in [5, 5.41) is 11.9. The summed E-state index contributed by atoms with van der Waals surface area (Å²) in [7, 11) is 0. The first-order valence-electron chi connectivity index (χ1n) is 7.46. The largest absolute Gasteiger partial charge is 0.481 e. The number of aliphatic carboxylic acids is 1. The molecule has 1 aliphatic rings. The van der Waals surface area contributed by atoms with Gasteiger partial charge in [-0.15, -0.1) is 0 Å². The molecule has 0 spiro atoms. The minimum Gasteiger partial charge on any atom is -0.481 e. The quantitative estimate of drug-likeness (QED) is 0.876. The summed E-state index contributed by atoms with van der Waals surface area (Å²) in [5.74, 6) is -0.711. The van der Waals surface area contributed by atoms with Crippen LogP contribution in [0.25, 0.3) is 0 Å². The number of rotatable bonds is 5. The molecule has 1 aliphatic carbocycles. The van der Waals surface area contributed by atoms with Crippen molar-refractivity contribution < 1.29 is 14.7 Å². The second-order valence-corrected chi connectivity index (χ2v) is 6.49. The Labute approximate surface area is 125 Å². The minimum atomic E-state index is -0.856. The van der Waals surface area contributed by atoms with Crippen LogP contribution >= 0.6 is 0 Å². The number of benzene rings is 1. The van der Waals surface area contributed by atoms with E-state index in [1.54, 1.807) is 6.07 Å². The van der Waals surface area contributed by atoms with Crippen LogP contribution in [-0.4, -0.2) is 17.0 Å². The number of amides is 1. The van der Waals surface area contributed by atoms with Crippen LogP contribution < -0.4 is 5.32 Å². The van der Waals surface area contributed by atoms with E-state index in [2.05, 4.69) is 19.2 Å². The standard InChI is InChI=1S/C17H23NO3/c1-17(2)9-5-8-14(17)16(21)18-11-13-7-4-3-6-12(13)10-15(19)20/h3-4,6-7,14H,5,8-11H2,1-2H3,(H,18,21)(H,19,20). The van der Waals surface area contributed by atoms with Gasteiger partial charge in [-0.05, 0) is 29.4 Å². The molecule has 114 valence electrons. The number of hydrogen-bond donors (Lipinski definition) is 2. The summed E-state index contributed by atoms with van der Waals surface area (Å²) < 4.78 is 0. The zero-order valence-electron chi connectivity index (χ0n) is 12.7. The molecule has 0 aliphatic heterocycles. The van der Waals surface area contributed by atoms with Gasteiger partial charge in [0, 0.05) is 12.5 Å². The van der Waals surface area contributed by atoms with Gasteiger partial charge >= 0.3 is 5.97 Å². The smallest absolute Gasteiger partial charge is 0.307 e. The van der Waals surface area contributed by atoms with Gasteiger partial charge in [0.05, 0.1) is 6.42 Å². The van der Waals surface area contributed by atoms with Crippen LogP contribution in [0.1, 0.15) is 44.2 Å². The Balaban J connectivity index is 2.00. The van der Waals surface area contributed by atoms with E-state index in [9.17, 15) is 9.59 Å². The van der Waals surface area contributed by atoms with Crippen LogP contribution in [0.5, 0.6) is 0 Å². The number of carboxylic acids is 1. The second kappa shape index (κ2) is 6.29. The van der Waals surface area contributed by atoms with Crippen molar-refractivity contribution in [3.63, 3.8) is 0 Å². The molecule has 1 atom stereocenters. The van der Waals surface area contributed by atoms with Gasteiger partial charge in [0.2, 0.25) is 5.91 Å². The van der Waals surface area contributed by atoms with Gasteiger partial charge in [-0.25, -0.2) is 0 Å². The summed E-state index contributed by atoms with van der Waals surface area (Å²) in [5.41, 5.74) is 1.70. The SMILES string of the molecule is CC1(C)CCCC1C(=O)NCc1ccccc1CC(=O)O. The first-order valence-corrected chi connectivity index (χ1v) is 7.46. The van der Waals surface area contributed by atoms with Crippen LogP contribution in [0.15, 0.2) is 24.3 Å². The zero-order chi connectivity index (χ0) is 15.5. The lowest BCUT2D eigenvalue weighted by atomic mass is 9.81. The Morgan fingerprint density at radius 1 is 1.29 bits per heavy atom. The number of nitrogens with one attached hydrogen (secondary N) is 1. The molecule has 1 fully saturated rings. The molecule has 4 nitrogen and oxygen atoms in total. The van der Waals surface area contributed by atoms with Crippen molar-refractivity contribution in [3.8, 4) is 0 Å². The van der Waals surface area contributed by atoms with Gasteiger partial charge in [0.15, 0.2) is 0 Å². The van der Waals surface area contributed by atoms with E-state index in [1.165, 1.54) is 0 Å². The molecule has 21 heavy (non-hydrogen) atoms. The van der Waals surface area contributed by atoms with Crippen molar-refractivity contribution in [1.82, 2.24) is 5.32 Å². The molecule has 0 saturated heterocycles. The highest BCUT2D eigenvalue weighted by Gasteiger charge is 2.39. The number of carbonyl (C=O) groups excluding carboxylic acids is 1. The molecule has 1 aromatic rings. The molecule has 1 saturated carbocycles. The third-order valence-electron chi connectivity index (χ3n) is 4.49. The predicted molar refractivity (Wildman–Crippen MR) is 80.8 cm³/mol. The summed E-state index contributed by atoms with van der Waals surface area (Å²) in [6.07, 6.45) is 3.11. The molecule has 1 unspecified atom stereocenters. The lowest BCUT2D eigenvalue weighted by Gasteiger charge is -2.26. The Morgan fingerprint density at radius 2 is 1.95 bits per heavy atom. The van der Waals surface area contributed by atoms with Gasteiger partial charge in [-0.1, -0.05) is 44.5 Å². The lowest BCUT2D eigenvalue weighted by Crippen LogP contribution is -2.36. The maximum absolute atomic E-state index is 12.3. The molecular formula is C17H23NO3. The maximum Gasteiger partial charge on any atom is 0.307 e. The van der Waals surface area contributed by atoms with Crippen LogP contribution in [0.4, 0.5) is 0 Å².